The molecule has 0 saturated carbocycles. The van der Waals surface area contributed by atoms with Gasteiger partial charge in [-0.05, 0) is 25.0 Å². The Balaban J connectivity index is 0.00000196. The third-order valence-corrected chi connectivity index (χ3v) is 2.45. The fourth-order valence-electron chi connectivity index (χ4n) is 1.55. The molecule has 0 aliphatic rings. The number of halogens is 1. The highest BCUT2D eigenvalue weighted by Gasteiger charge is 2.09. The second-order valence-corrected chi connectivity index (χ2v) is 3.81. The zero-order valence-corrected chi connectivity index (χ0v) is 10.2. The average molecular weight is 230 g/mol. The van der Waals surface area contributed by atoms with Crippen molar-refractivity contribution in [3.63, 3.8) is 0 Å². The molecule has 2 nitrogen and oxygen atoms in total. The van der Waals surface area contributed by atoms with E-state index in [0.29, 0.717) is 5.75 Å². The van der Waals surface area contributed by atoms with Crippen molar-refractivity contribution in [3.05, 3.63) is 29.3 Å². The van der Waals surface area contributed by atoms with E-state index in [-0.39, 0.29) is 18.4 Å². The molecule has 0 spiro atoms. The SMILES string of the molecule is CCCC[C@H](N)c1ccc(C)cc1O.Cl. The van der Waals surface area contributed by atoms with E-state index in [1.54, 1.807) is 6.07 Å². The lowest BCUT2D eigenvalue weighted by Gasteiger charge is -2.13. The molecule has 0 heterocycles. The Morgan fingerprint density at radius 1 is 1.40 bits per heavy atom. The normalized spacial score (nSPS) is 11.9. The molecule has 1 aromatic rings. The molecule has 1 aromatic carbocycles. The third-order valence-electron chi connectivity index (χ3n) is 2.45. The van der Waals surface area contributed by atoms with Crippen LogP contribution in [0.2, 0.25) is 0 Å². The van der Waals surface area contributed by atoms with E-state index < -0.39 is 0 Å². The first-order valence-electron chi connectivity index (χ1n) is 5.20. The minimum absolute atomic E-state index is 0. The second-order valence-electron chi connectivity index (χ2n) is 3.81. The van der Waals surface area contributed by atoms with Gasteiger partial charge in [0.25, 0.3) is 0 Å². The van der Waals surface area contributed by atoms with Gasteiger partial charge in [-0.25, -0.2) is 0 Å². The molecule has 0 saturated heterocycles. The first-order chi connectivity index (χ1) is 6.65. The van der Waals surface area contributed by atoms with E-state index in [1.165, 1.54) is 0 Å². The second kappa shape index (κ2) is 6.70. The van der Waals surface area contributed by atoms with Crippen molar-refractivity contribution in [1.29, 1.82) is 0 Å². The van der Waals surface area contributed by atoms with Crippen LogP contribution < -0.4 is 5.73 Å². The standard InChI is InChI=1S/C12H19NO.ClH/c1-3-4-5-11(13)10-7-6-9(2)8-12(10)14;/h6-8,11,14H,3-5,13H2,1-2H3;1H/t11-;/m0./s1. The highest BCUT2D eigenvalue weighted by atomic mass is 35.5. The average Bonchev–Trinajstić information content (AvgIpc) is 2.14. The van der Waals surface area contributed by atoms with Gasteiger partial charge in [0.1, 0.15) is 5.75 Å². The molecule has 0 aliphatic carbocycles. The summed E-state index contributed by atoms with van der Waals surface area (Å²) in [5, 5.41) is 9.68. The molecule has 1 atom stereocenters. The summed E-state index contributed by atoms with van der Waals surface area (Å²) < 4.78 is 0. The molecule has 0 aromatic heterocycles. The van der Waals surface area contributed by atoms with Gasteiger partial charge in [-0.1, -0.05) is 31.9 Å². The monoisotopic (exact) mass is 229 g/mol. The maximum atomic E-state index is 9.68. The van der Waals surface area contributed by atoms with E-state index in [9.17, 15) is 5.11 Å². The summed E-state index contributed by atoms with van der Waals surface area (Å²) in [5.41, 5.74) is 7.90. The highest BCUT2D eigenvalue weighted by molar-refractivity contribution is 5.85. The zero-order chi connectivity index (χ0) is 10.6. The maximum Gasteiger partial charge on any atom is 0.120 e. The molecule has 3 N–H and O–H groups in total. The van der Waals surface area contributed by atoms with E-state index >= 15 is 0 Å². The largest absolute Gasteiger partial charge is 0.508 e. The van der Waals surface area contributed by atoms with Gasteiger partial charge in [-0.2, -0.15) is 0 Å². The zero-order valence-electron chi connectivity index (χ0n) is 9.36. The number of hydrogen-bond donors (Lipinski definition) is 2. The number of phenols is 1. The van der Waals surface area contributed by atoms with E-state index in [1.807, 2.05) is 19.1 Å². The molecule has 0 unspecified atom stereocenters. The summed E-state index contributed by atoms with van der Waals surface area (Å²) >= 11 is 0. The summed E-state index contributed by atoms with van der Waals surface area (Å²) in [6.45, 7) is 4.10. The molecule has 1 rings (SSSR count). The van der Waals surface area contributed by atoms with Crippen LogP contribution in [0, 0.1) is 6.92 Å². The van der Waals surface area contributed by atoms with Crippen LogP contribution in [0.5, 0.6) is 5.75 Å². The number of rotatable bonds is 4. The smallest absolute Gasteiger partial charge is 0.120 e. The quantitative estimate of drug-likeness (QED) is 0.832. The number of hydrogen-bond acceptors (Lipinski definition) is 2. The van der Waals surface area contributed by atoms with Crippen LogP contribution >= 0.6 is 12.4 Å². The van der Waals surface area contributed by atoms with Crippen LogP contribution in [0.25, 0.3) is 0 Å². The topological polar surface area (TPSA) is 46.2 Å². The Morgan fingerprint density at radius 3 is 2.60 bits per heavy atom. The number of aryl methyl sites for hydroxylation is 1. The first kappa shape index (κ1) is 14.3. The van der Waals surface area contributed by atoms with Crippen LogP contribution in [0.4, 0.5) is 0 Å². The minimum atomic E-state index is -0.0319. The summed E-state index contributed by atoms with van der Waals surface area (Å²) in [6.07, 6.45) is 3.18. The Morgan fingerprint density at radius 2 is 2.07 bits per heavy atom. The lowest BCUT2D eigenvalue weighted by molar-refractivity contribution is 0.456. The predicted octanol–water partition coefficient (Wildman–Crippen LogP) is 3.31. The number of nitrogens with two attached hydrogens (primary N) is 1. The van der Waals surface area contributed by atoms with Gasteiger partial charge < -0.3 is 10.8 Å². The minimum Gasteiger partial charge on any atom is -0.508 e. The fourth-order valence-corrected chi connectivity index (χ4v) is 1.55. The molecule has 15 heavy (non-hydrogen) atoms. The van der Waals surface area contributed by atoms with E-state index in [2.05, 4.69) is 6.92 Å². The molecule has 0 amide bonds. The number of unbranched alkanes of at least 4 members (excludes halogenated alkanes) is 1. The lowest BCUT2D eigenvalue weighted by atomic mass is 10.00. The van der Waals surface area contributed by atoms with Crippen molar-refractivity contribution in [2.45, 2.75) is 39.2 Å². The summed E-state index contributed by atoms with van der Waals surface area (Å²) in [7, 11) is 0. The molecule has 0 fully saturated rings. The lowest BCUT2D eigenvalue weighted by Crippen LogP contribution is -2.10. The van der Waals surface area contributed by atoms with Crippen LogP contribution in [-0.2, 0) is 0 Å². The van der Waals surface area contributed by atoms with Gasteiger partial charge in [0.05, 0.1) is 0 Å². The maximum absolute atomic E-state index is 9.68. The molecule has 0 aliphatic heterocycles. The highest BCUT2D eigenvalue weighted by Crippen LogP contribution is 2.26. The molecule has 3 heteroatoms. The van der Waals surface area contributed by atoms with Gasteiger partial charge in [-0.15, -0.1) is 12.4 Å². The summed E-state index contributed by atoms with van der Waals surface area (Å²) in [4.78, 5) is 0. The Hall–Kier alpha value is -0.730. The van der Waals surface area contributed by atoms with E-state index in [0.717, 1.165) is 30.4 Å². The molecular weight excluding hydrogens is 210 g/mol. The van der Waals surface area contributed by atoms with Crippen LogP contribution in [0.1, 0.15) is 43.4 Å². The molecule has 0 radical (unpaired) electrons. The van der Waals surface area contributed by atoms with Crippen LogP contribution in [-0.4, -0.2) is 5.11 Å². The number of benzene rings is 1. The number of phenolic OH excluding ortho intramolecular Hbond substituents is 1. The van der Waals surface area contributed by atoms with Crippen molar-refractivity contribution < 1.29 is 5.11 Å². The Bertz CT molecular complexity index is 302. The number of aromatic hydroxyl groups is 1. The summed E-state index contributed by atoms with van der Waals surface area (Å²) in [6, 6.07) is 5.64. The molecule has 0 bridgehead atoms. The first-order valence-corrected chi connectivity index (χ1v) is 5.20. The van der Waals surface area contributed by atoms with E-state index in [4.69, 9.17) is 5.73 Å². The van der Waals surface area contributed by atoms with Crippen molar-refractivity contribution in [3.8, 4) is 5.75 Å². The van der Waals surface area contributed by atoms with Crippen LogP contribution in [0.3, 0.4) is 0 Å². The predicted molar refractivity (Wildman–Crippen MR) is 66.5 cm³/mol. The Kier molecular flexibility index (Phi) is 6.37. The molecule has 86 valence electrons. The third kappa shape index (κ3) is 4.10. The van der Waals surface area contributed by atoms with Gasteiger partial charge in [0, 0.05) is 11.6 Å². The summed E-state index contributed by atoms with van der Waals surface area (Å²) in [5.74, 6) is 0.327. The van der Waals surface area contributed by atoms with Crippen LogP contribution in [0.15, 0.2) is 18.2 Å². The van der Waals surface area contributed by atoms with Gasteiger partial charge >= 0.3 is 0 Å². The van der Waals surface area contributed by atoms with Crippen molar-refractivity contribution >= 4 is 12.4 Å². The van der Waals surface area contributed by atoms with Crippen molar-refractivity contribution in [1.82, 2.24) is 0 Å². The molecular formula is C12H20ClNO. The Labute approximate surface area is 97.9 Å². The van der Waals surface area contributed by atoms with Gasteiger partial charge in [0.15, 0.2) is 0 Å². The van der Waals surface area contributed by atoms with Gasteiger partial charge in [-0.3, -0.25) is 0 Å². The van der Waals surface area contributed by atoms with Crippen molar-refractivity contribution in [2.24, 2.45) is 5.73 Å². The van der Waals surface area contributed by atoms with Gasteiger partial charge in [0.2, 0.25) is 0 Å². The van der Waals surface area contributed by atoms with Crippen molar-refractivity contribution in [2.75, 3.05) is 0 Å². The fraction of sp³-hybridized carbons (Fsp3) is 0.500.